The lowest BCUT2D eigenvalue weighted by atomic mass is 9.87. The molecular formula is C24H30N2O4. The molecule has 0 radical (unpaired) electrons. The summed E-state index contributed by atoms with van der Waals surface area (Å²) >= 11 is 0. The molecule has 3 rings (SSSR count). The lowest BCUT2D eigenvalue weighted by Gasteiger charge is -2.21. The summed E-state index contributed by atoms with van der Waals surface area (Å²) in [6, 6.07) is 14.9. The number of methoxy groups -OCH3 is 2. The van der Waals surface area contributed by atoms with Gasteiger partial charge in [0, 0.05) is 36.7 Å². The maximum absolute atomic E-state index is 13.1. The van der Waals surface area contributed by atoms with Crippen molar-refractivity contribution < 1.29 is 19.1 Å². The van der Waals surface area contributed by atoms with E-state index >= 15 is 0 Å². The number of hydrogen-bond donors (Lipinski definition) is 1. The molecule has 0 bridgehead atoms. The van der Waals surface area contributed by atoms with Crippen LogP contribution >= 0.6 is 0 Å². The zero-order chi connectivity index (χ0) is 21.5. The summed E-state index contributed by atoms with van der Waals surface area (Å²) in [6.07, 6.45) is 1.94. The molecule has 1 N–H and O–H groups in total. The van der Waals surface area contributed by atoms with Crippen molar-refractivity contribution >= 4 is 11.8 Å². The molecule has 1 aliphatic heterocycles. The van der Waals surface area contributed by atoms with Gasteiger partial charge in [0.1, 0.15) is 0 Å². The highest BCUT2D eigenvalue weighted by atomic mass is 16.5. The minimum atomic E-state index is -0.351. The van der Waals surface area contributed by atoms with Crippen molar-refractivity contribution in [2.75, 3.05) is 33.9 Å². The first-order valence-electron chi connectivity index (χ1n) is 10.4. The molecule has 30 heavy (non-hydrogen) atoms. The monoisotopic (exact) mass is 410 g/mol. The zero-order valence-corrected chi connectivity index (χ0v) is 17.9. The van der Waals surface area contributed by atoms with Crippen LogP contribution in [0.4, 0.5) is 0 Å². The Kier molecular flexibility index (Phi) is 7.33. The van der Waals surface area contributed by atoms with E-state index in [0.29, 0.717) is 36.7 Å². The predicted molar refractivity (Wildman–Crippen MR) is 116 cm³/mol. The van der Waals surface area contributed by atoms with Crippen LogP contribution in [0, 0.1) is 5.92 Å². The van der Waals surface area contributed by atoms with Crippen molar-refractivity contribution in [1.82, 2.24) is 10.2 Å². The molecule has 2 atom stereocenters. The third-order valence-corrected chi connectivity index (χ3v) is 5.63. The van der Waals surface area contributed by atoms with Crippen LogP contribution in [0.5, 0.6) is 11.5 Å². The third-order valence-electron chi connectivity index (χ3n) is 5.63. The van der Waals surface area contributed by atoms with Crippen LogP contribution in [-0.2, 0) is 4.79 Å². The molecule has 2 aromatic rings. The molecule has 6 heteroatoms. The highest BCUT2D eigenvalue weighted by Gasteiger charge is 2.42. The Balaban J connectivity index is 1.92. The molecule has 2 amide bonds. The number of unbranched alkanes of at least 4 members (excludes halogenated alkanes) is 1. The van der Waals surface area contributed by atoms with Gasteiger partial charge in [-0.2, -0.15) is 0 Å². The van der Waals surface area contributed by atoms with Gasteiger partial charge in [-0.25, -0.2) is 0 Å². The molecule has 2 aromatic carbocycles. The summed E-state index contributed by atoms with van der Waals surface area (Å²) < 4.78 is 11.1. The zero-order valence-electron chi connectivity index (χ0n) is 17.9. The maximum Gasteiger partial charge on any atom is 0.253 e. The second-order valence-electron chi connectivity index (χ2n) is 7.52. The fraction of sp³-hybridized carbons (Fsp3) is 0.417. The first-order valence-corrected chi connectivity index (χ1v) is 10.4. The van der Waals surface area contributed by atoms with Crippen LogP contribution in [0.2, 0.25) is 0 Å². The van der Waals surface area contributed by atoms with Crippen LogP contribution in [0.3, 0.4) is 0 Å². The fourth-order valence-electron chi connectivity index (χ4n) is 4.04. The highest BCUT2D eigenvalue weighted by Crippen LogP contribution is 2.42. The topological polar surface area (TPSA) is 67.9 Å². The second-order valence-corrected chi connectivity index (χ2v) is 7.52. The molecule has 160 valence electrons. The van der Waals surface area contributed by atoms with Gasteiger partial charge in [-0.1, -0.05) is 43.7 Å². The Morgan fingerprint density at radius 3 is 2.47 bits per heavy atom. The summed E-state index contributed by atoms with van der Waals surface area (Å²) in [4.78, 5) is 27.9. The van der Waals surface area contributed by atoms with Crippen molar-refractivity contribution in [2.45, 2.75) is 25.7 Å². The van der Waals surface area contributed by atoms with Gasteiger partial charge in [-0.05, 0) is 24.6 Å². The van der Waals surface area contributed by atoms with Gasteiger partial charge in [-0.15, -0.1) is 0 Å². The van der Waals surface area contributed by atoms with Gasteiger partial charge in [0.2, 0.25) is 5.91 Å². The van der Waals surface area contributed by atoms with Crippen molar-refractivity contribution in [3.63, 3.8) is 0 Å². The molecule has 0 aliphatic carbocycles. The Labute approximate surface area is 178 Å². The summed E-state index contributed by atoms with van der Waals surface area (Å²) in [6.45, 7) is 3.55. The Morgan fingerprint density at radius 1 is 1.03 bits per heavy atom. The quantitative estimate of drug-likeness (QED) is 0.677. The van der Waals surface area contributed by atoms with Crippen molar-refractivity contribution in [3.05, 3.63) is 59.7 Å². The highest BCUT2D eigenvalue weighted by molar-refractivity contribution is 5.95. The molecular weight excluding hydrogens is 380 g/mol. The molecule has 1 fully saturated rings. The van der Waals surface area contributed by atoms with Gasteiger partial charge in [0.05, 0.1) is 20.1 Å². The molecule has 1 saturated heterocycles. The van der Waals surface area contributed by atoms with E-state index in [2.05, 4.69) is 12.2 Å². The third kappa shape index (κ3) is 4.58. The minimum absolute atomic E-state index is 0.0262. The molecule has 0 aromatic heterocycles. The summed E-state index contributed by atoms with van der Waals surface area (Å²) in [5.74, 6) is 0.617. The van der Waals surface area contributed by atoms with Crippen LogP contribution in [-0.4, -0.2) is 50.6 Å². The Hall–Kier alpha value is -3.02. The first-order chi connectivity index (χ1) is 14.6. The number of rotatable bonds is 8. The van der Waals surface area contributed by atoms with Gasteiger partial charge in [-0.3, -0.25) is 9.59 Å². The average molecular weight is 411 g/mol. The van der Waals surface area contributed by atoms with Gasteiger partial charge in [0.15, 0.2) is 11.5 Å². The summed E-state index contributed by atoms with van der Waals surface area (Å²) in [5, 5.41) is 3.04. The number of nitrogens with one attached hydrogen (secondary N) is 1. The number of ether oxygens (including phenoxy) is 2. The minimum Gasteiger partial charge on any atom is -0.493 e. The molecule has 0 spiro atoms. The number of hydrogen-bond acceptors (Lipinski definition) is 4. The molecule has 6 nitrogen and oxygen atoms in total. The number of carbonyl (C=O) groups is 2. The standard InChI is InChI=1S/C24H30N2O4/c1-4-5-14-25-23(27)20-16-26(24(28)17-10-7-6-8-11-17)15-19(20)18-12-9-13-21(29-2)22(18)30-3/h6-13,19-20H,4-5,14-16H2,1-3H3,(H,25,27)/t19-,20-/m0/s1. The average Bonchev–Trinajstić information content (AvgIpc) is 3.24. The molecule has 0 unspecified atom stereocenters. The maximum atomic E-state index is 13.1. The normalized spacial score (nSPS) is 18.2. The lowest BCUT2D eigenvalue weighted by Crippen LogP contribution is -2.36. The SMILES string of the molecule is CCCCNC(=O)[C@H]1CN(C(=O)c2ccccc2)C[C@H]1c1cccc(OC)c1OC. The van der Waals surface area contributed by atoms with Crippen LogP contribution < -0.4 is 14.8 Å². The van der Waals surface area contributed by atoms with E-state index in [-0.39, 0.29) is 23.7 Å². The van der Waals surface area contributed by atoms with E-state index in [1.165, 1.54) is 0 Å². The number of benzene rings is 2. The van der Waals surface area contributed by atoms with Crippen molar-refractivity contribution in [3.8, 4) is 11.5 Å². The van der Waals surface area contributed by atoms with E-state index < -0.39 is 0 Å². The van der Waals surface area contributed by atoms with Crippen molar-refractivity contribution in [1.29, 1.82) is 0 Å². The van der Waals surface area contributed by atoms with E-state index in [0.717, 1.165) is 18.4 Å². The van der Waals surface area contributed by atoms with E-state index in [9.17, 15) is 9.59 Å². The van der Waals surface area contributed by atoms with Gasteiger partial charge < -0.3 is 19.7 Å². The largest absolute Gasteiger partial charge is 0.493 e. The van der Waals surface area contributed by atoms with Crippen LogP contribution in [0.15, 0.2) is 48.5 Å². The first kappa shape index (κ1) is 21.7. The predicted octanol–water partition coefficient (Wildman–Crippen LogP) is 3.48. The smallest absolute Gasteiger partial charge is 0.253 e. The van der Waals surface area contributed by atoms with Crippen LogP contribution in [0.25, 0.3) is 0 Å². The van der Waals surface area contributed by atoms with Gasteiger partial charge in [0.25, 0.3) is 5.91 Å². The number of amides is 2. The number of para-hydroxylation sites is 1. The molecule has 1 aliphatic rings. The fourth-order valence-corrected chi connectivity index (χ4v) is 4.04. The number of likely N-dealkylation sites (tertiary alicyclic amines) is 1. The Bertz CT molecular complexity index is 869. The number of nitrogens with zero attached hydrogens (tertiary/aromatic N) is 1. The van der Waals surface area contributed by atoms with Crippen LogP contribution in [0.1, 0.15) is 41.6 Å². The molecule has 1 heterocycles. The summed E-state index contributed by atoms with van der Waals surface area (Å²) in [5.41, 5.74) is 1.51. The lowest BCUT2D eigenvalue weighted by molar-refractivity contribution is -0.124. The Morgan fingerprint density at radius 2 is 1.80 bits per heavy atom. The molecule has 0 saturated carbocycles. The second kappa shape index (κ2) is 10.1. The van der Waals surface area contributed by atoms with Gasteiger partial charge >= 0.3 is 0 Å². The van der Waals surface area contributed by atoms with E-state index in [4.69, 9.17) is 9.47 Å². The summed E-state index contributed by atoms with van der Waals surface area (Å²) in [7, 11) is 3.19. The van der Waals surface area contributed by atoms with E-state index in [1.54, 1.807) is 31.3 Å². The number of carbonyl (C=O) groups excluding carboxylic acids is 2. The van der Waals surface area contributed by atoms with Crippen molar-refractivity contribution in [2.24, 2.45) is 5.92 Å². The van der Waals surface area contributed by atoms with E-state index in [1.807, 2.05) is 36.4 Å².